The number of hydrogen-bond acceptors (Lipinski definition) is 6. The molecule has 0 rings (SSSR count). The Balaban J connectivity index is -0.00000480. The maximum atomic E-state index is 12.1. The van der Waals surface area contributed by atoms with Gasteiger partial charge in [0.1, 0.15) is 0 Å². The molecule has 9 heteroatoms. The van der Waals surface area contributed by atoms with Crippen LogP contribution < -0.4 is 29.6 Å². The molecule has 0 heterocycles. The normalized spacial score (nSPS) is 12.1. The van der Waals surface area contributed by atoms with Crippen molar-refractivity contribution in [3.05, 3.63) is 0 Å². The summed E-state index contributed by atoms with van der Waals surface area (Å²) in [7, 11) is -4.75. The minimum absolute atomic E-state index is 0. The smallest absolute Gasteiger partial charge is 1.00 e. The Morgan fingerprint density at radius 2 is 1.06 bits per heavy atom. The first kappa shape index (κ1) is 35.0. The second-order valence-electron chi connectivity index (χ2n) is 8.55. The molecule has 0 saturated heterocycles. The number of unbranched alkanes of at least 4 members (excludes halogenated alkanes) is 14. The van der Waals surface area contributed by atoms with E-state index in [9.17, 15) is 22.6 Å². The van der Waals surface area contributed by atoms with Crippen LogP contribution in [-0.2, 0) is 29.2 Å². The summed E-state index contributed by atoms with van der Waals surface area (Å²) in [4.78, 5) is 24.0. The van der Waals surface area contributed by atoms with Gasteiger partial charge in [-0.2, -0.15) is 8.42 Å². The van der Waals surface area contributed by atoms with Crippen LogP contribution in [0, 0.1) is 0 Å². The summed E-state index contributed by atoms with van der Waals surface area (Å²) in [6.07, 6.45) is 16.6. The Bertz CT molecular complexity index is 588. The SMILES string of the molecule is CCCCCCCCCCOC(=O)CC(C(=O)OCCCCCCCCCC)S(=O)(=O)O.[H-].[Na+]. The molecule has 0 aliphatic rings. The van der Waals surface area contributed by atoms with Crippen molar-refractivity contribution in [1.82, 2.24) is 0 Å². The molecular formula is C24H47NaO7S. The molecule has 0 aromatic rings. The summed E-state index contributed by atoms with van der Waals surface area (Å²) in [6, 6.07) is 0. The third kappa shape index (κ3) is 22.1. The van der Waals surface area contributed by atoms with Crippen LogP contribution in [0.4, 0.5) is 0 Å². The predicted molar refractivity (Wildman–Crippen MR) is 128 cm³/mol. The van der Waals surface area contributed by atoms with Crippen molar-refractivity contribution in [2.24, 2.45) is 0 Å². The third-order valence-corrected chi connectivity index (χ3v) is 6.56. The molecule has 0 aliphatic carbocycles. The van der Waals surface area contributed by atoms with E-state index < -0.39 is 33.7 Å². The first-order chi connectivity index (χ1) is 15.3. The molecule has 0 aromatic carbocycles. The predicted octanol–water partition coefficient (Wildman–Crippen LogP) is 3.12. The van der Waals surface area contributed by atoms with Crippen molar-refractivity contribution in [3.63, 3.8) is 0 Å². The van der Waals surface area contributed by atoms with Crippen LogP contribution in [0.25, 0.3) is 0 Å². The van der Waals surface area contributed by atoms with E-state index in [-0.39, 0.29) is 44.2 Å². The van der Waals surface area contributed by atoms with Gasteiger partial charge in [0, 0.05) is 0 Å². The summed E-state index contributed by atoms with van der Waals surface area (Å²) >= 11 is 0. The molecule has 1 N–H and O–H groups in total. The van der Waals surface area contributed by atoms with E-state index >= 15 is 0 Å². The van der Waals surface area contributed by atoms with Gasteiger partial charge < -0.3 is 10.9 Å². The van der Waals surface area contributed by atoms with E-state index in [0.29, 0.717) is 12.8 Å². The van der Waals surface area contributed by atoms with Gasteiger partial charge in [-0.1, -0.05) is 104 Å². The Hall–Kier alpha value is -0.150. The van der Waals surface area contributed by atoms with Crippen molar-refractivity contribution < 1.29 is 63.0 Å². The van der Waals surface area contributed by atoms with Crippen LogP contribution in [0.15, 0.2) is 0 Å². The average molecular weight is 503 g/mol. The maximum Gasteiger partial charge on any atom is 1.00 e. The van der Waals surface area contributed by atoms with Gasteiger partial charge in [0.05, 0.1) is 19.6 Å². The van der Waals surface area contributed by atoms with E-state index in [0.717, 1.165) is 38.5 Å². The van der Waals surface area contributed by atoms with E-state index in [1.165, 1.54) is 51.4 Å². The molecule has 0 aliphatic heterocycles. The summed E-state index contributed by atoms with van der Waals surface area (Å²) < 4.78 is 42.4. The van der Waals surface area contributed by atoms with Crippen molar-refractivity contribution in [3.8, 4) is 0 Å². The molecular weight excluding hydrogens is 455 g/mol. The van der Waals surface area contributed by atoms with Gasteiger partial charge in [-0.25, -0.2) is 0 Å². The van der Waals surface area contributed by atoms with Crippen LogP contribution in [0.1, 0.15) is 124 Å². The third-order valence-electron chi connectivity index (χ3n) is 5.48. The molecule has 1 atom stereocenters. The Kier molecular flexibility index (Phi) is 25.0. The largest absolute Gasteiger partial charge is 1.00 e. The van der Waals surface area contributed by atoms with Gasteiger partial charge in [0.25, 0.3) is 10.1 Å². The first-order valence-corrected chi connectivity index (χ1v) is 14.1. The Morgan fingerprint density at radius 1 is 0.697 bits per heavy atom. The quantitative estimate of drug-likeness (QED) is 0.105. The van der Waals surface area contributed by atoms with E-state index in [2.05, 4.69) is 13.8 Å². The zero-order valence-corrected chi connectivity index (χ0v) is 24.1. The van der Waals surface area contributed by atoms with Crippen LogP contribution in [0.5, 0.6) is 0 Å². The van der Waals surface area contributed by atoms with Crippen molar-refractivity contribution in [2.75, 3.05) is 13.2 Å². The Morgan fingerprint density at radius 3 is 1.45 bits per heavy atom. The molecule has 0 spiro atoms. The van der Waals surface area contributed by atoms with E-state index in [1.54, 1.807) is 0 Å². The minimum atomic E-state index is -4.75. The fraction of sp³-hybridized carbons (Fsp3) is 0.917. The number of hydrogen-bond donors (Lipinski definition) is 1. The number of rotatable bonds is 22. The molecule has 7 nitrogen and oxygen atoms in total. The fourth-order valence-corrected chi connectivity index (χ4v) is 4.10. The zero-order valence-electron chi connectivity index (χ0n) is 22.3. The summed E-state index contributed by atoms with van der Waals surface area (Å²) in [5.74, 6) is -1.92. The summed E-state index contributed by atoms with van der Waals surface area (Å²) in [5, 5.41) is -1.93. The Labute approximate surface area is 225 Å². The molecule has 0 bridgehead atoms. The molecule has 0 amide bonds. The van der Waals surface area contributed by atoms with Crippen LogP contribution in [0.3, 0.4) is 0 Å². The van der Waals surface area contributed by atoms with Crippen molar-refractivity contribution in [1.29, 1.82) is 0 Å². The van der Waals surface area contributed by atoms with Gasteiger partial charge in [-0.3, -0.25) is 14.1 Å². The second kappa shape index (κ2) is 23.6. The van der Waals surface area contributed by atoms with Gasteiger partial charge in [0.15, 0.2) is 5.25 Å². The molecule has 0 saturated carbocycles. The molecule has 0 aromatic heterocycles. The maximum absolute atomic E-state index is 12.1. The molecule has 192 valence electrons. The zero-order chi connectivity index (χ0) is 24.1. The number of carbonyl (C=O) groups is 2. The van der Waals surface area contributed by atoms with Crippen molar-refractivity contribution in [2.45, 2.75) is 128 Å². The average Bonchev–Trinajstić information content (AvgIpc) is 2.74. The molecule has 0 radical (unpaired) electrons. The summed E-state index contributed by atoms with van der Waals surface area (Å²) in [5.41, 5.74) is 0. The van der Waals surface area contributed by atoms with E-state index in [4.69, 9.17) is 9.47 Å². The standard InChI is InChI=1S/C24H46O7S.Na.H/c1-3-5-7-9-11-13-15-17-19-30-23(25)21-22(32(27,28)29)24(26)31-20-18-16-14-12-10-8-6-4-2;;/h22H,3-21H2,1-2H3,(H,27,28,29);;/q;+1;-1. The second-order valence-corrected chi connectivity index (χ2v) is 10.1. The van der Waals surface area contributed by atoms with Crippen LogP contribution in [0.2, 0.25) is 0 Å². The number of esters is 2. The minimum Gasteiger partial charge on any atom is -1.00 e. The topological polar surface area (TPSA) is 107 Å². The molecule has 33 heavy (non-hydrogen) atoms. The van der Waals surface area contributed by atoms with Crippen LogP contribution in [-0.4, -0.2) is 43.4 Å². The molecule has 1 unspecified atom stereocenters. The van der Waals surface area contributed by atoms with Gasteiger partial charge in [0.2, 0.25) is 0 Å². The number of carbonyl (C=O) groups excluding carboxylic acids is 2. The van der Waals surface area contributed by atoms with Crippen LogP contribution >= 0.6 is 0 Å². The number of ether oxygens (including phenoxy) is 2. The van der Waals surface area contributed by atoms with Crippen molar-refractivity contribution >= 4 is 22.1 Å². The fourth-order valence-electron chi connectivity index (χ4n) is 3.44. The first-order valence-electron chi connectivity index (χ1n) is 12.6. The van der Waals surface area contributed by atoms with Gasteiger partial charge in [-0.05, 0) is 12.8 Å². The van der Waals surface area contributed by atoms with E-state index in [1.807, 2.05) is 0 Å². The van der Waals surface area contributed by atoms with Gasteiger partial charge >= 0.3 is 41.5 Å². The summed E-state index contributed by atoms with van der Waals surface area (Å²) in [6.45, 7) is 4.61. The van der Waals surface area contributed by atoms with Gasteiger partial charge in [-0.15, -0.1) is 0 Å². The monoisotopic (exact) mass is 502 g/mol. The molecule has 0 fully saturated rings.